The molecular formula is C15H19NO6S. The van der Waals surface area contributed by atoms with E-state index in [0.29, 0.717) is 25.3 Å². The maximum atomic E-state index is 13.0. The second-order valence-corrected chi connectivity index (χ2v) is 7.88. The Kier molecular flexibility index (Phi) is 4.20. The highest BCUT2D eigenvalue weighted by molar-refractivity contribution is 7.89. The summed E-state index contributed by atoms with van der Waals surface area (Å²) in [5.41, 5.74) is 0. The summed E-state index contributed by atoms with van der Waals surface area (Å²) in [5.74, 6) is -1.06. The third-order valence-electron chi connectivity index (χ3n) is 4.12. The maximum Gasteiger partial charge on any atom is 0.307 e. The molecular weight excluding hydrogens is 322 g/mol. The van der Waals surface area contributed by atoms with E-state index in [1.807, 2.05) is 6.92 Å². The molecule has 1 aromatic rings. The Morgan fingerprint density at radius 1 is 1.26 bits per heavy atom. The normalized spacial score (nSPS) is 25.1. The number of hydrogen-bond donors (Lipinski definition) is 1. The van der Waals surface area contributed by atoms with Gasteiger partial charge >= 0.3 is 5.97 Å². The molecule has 8 heteroatoms. The first-order chi connectivity index (χ1) is 10.9. The summed E-state index contributed by atoms with van der Waals surface area (Å²) in [4.78, 5) is 11.3. The number of para-hydroxylation sites is 1. The molecule has 1 saturated heterocycles. The predicted molar refractivity (Wildman–Crippen MR) is 81.1 cm³/mol. The topological polar surface area (TPSA) is 93.1 Å². The van der Waals surface area contributed by atoms with Gasteiger partial charge in [0.1, 0.15) is 18.1 Å². The van der Waals surface area contributed by atoms with Gasteiger partial charge in [-0.1, -0.05) is 13.0 Å². The molecule has 23 heavy (non-hydrogen) atoms. The van der Waals surface area contributed by atoms with Crippen LogP contribution in [0.2, 0.25) is 0 Å². The van der Waals surface area contributed by atoms with Crippen molar-refractivity contribution in [1.29, 1.82) is 0 Å². The van der Waals surface area contributed by atoms with Crippen molar-refractivity contribution >= 4 is 16.0 Å². The molecule has 0 radical (unpaired) electrons. The Labute approximate surface area is 134 Å². The van der Waals surface area contributed by atoms with Gasteiger partial charge in [-0.3, -0.25) is 4.79 Å². The number of fused-ring (bicyclic) bond motifs is 1. The van der Waals surface area contributed by atoms with Crippen LogP contribution in [0.3, 0.4) is 0 Å². The van der Waals surface area contributed by atoms with Gasteiger partial charge < -0.3 is 14.6 Å². The van der Waals surface area contributed by atoms with Gasteiger partial charge in [-0.05, 0) is 24.5 Å². The van der Waals surface area contributed by atoms with Crippen LogP contribution in [0.5, 0.6) is 11.5 Å². The fourth-order valence-electron chi connectivity index (χ4n) is 3.07. The second-order valence-electron chi connectivity index (χ2n) is 5.98. The van der Waals surface area contributed by atoms with E-state index in [4.69, 9.17) is 9.47 Å². The van der Waals surface area contributed by atoms with Crippen molar-refractivity contribution < 1.29 is 27.8 Å². The van der Waals surface area contributed by atoms with E-state index in [-0.39, 0.29) is 29.7 Å². The third kappa shape index (κ3) is 3.00. The number of aliphatic carboxylic acids is 1. The molecule has 1 fully saturated rings. The number of rotatable bonds is 3. The molecule has 0 aromatic heterocycles. The van der Waals surface area contributed by atoms with Gasteiger partial charge in [-0.2, -0.15) is 4.31 Å². The van der Waals surface area contributed by atoms with Gasteiger partial charge in [0.2, 0.25) is 10.0 Å². The van der Waals surface area contributed by atoms with Crippen LogP contribution in [-0.2, 0) is 14.8 Å². The first-order valence-corrected chi connectivity index (χ1v) is 8.95. The number of sulfonamides is 1. The van der Waals surface area contributed by atoms with E-state index in [1.165, 1.54) is 10.4 Å². The lowest BCUT2D eigenvalue weighted by molar-refractivity contribution is -0.143. The van der Waals surface area contributed by atoms with Crippen molar-refractivity contribution in [3.8, 4) is 11.5 Å². The lowest BCUT2D eigenvalue weighted by Gasteiger charge is -2.34. The average Bonchev–Trinajstić information content (AvgIpc) is 2.53. The van der Waals surface area contributed by atoms with E-state index in [2.05, 4.69) is 0 Å². The van der Waals surface area contributed by atoms with E-state index in [0.717, 1.165) is 0 Å². The Bertz CT molecular complexity index is 717. The third-order valence-corrected chi connectivity index (χ3v) is 5.98. The molecule has 2 atom stereocenters. The lowest BCUT2D eigenvalue weighted by Crippen LogP contribution is -2.45. The van der Waals surface area contributed by atoms with Crippen molar-refractivity contribution in [2.45, 2.75) is 18.2 Å². The van der Waals surface area contributed by atoms with Crippen molar-refractivity contribution in [1.82, 2.24) is 4.31 Å². The molecule has 0 spiro atoms. The summed E-state index contributed by atoms with van der Waals surface area (Å²) < 4.78 is 38.1. The van der Waals surface area contributed by atoms with Crippen LogP contribution >= 0.6 is 0 Å². The van der Waals surface area contributed by atoms with Crippen LogP contribution in [0.25, 0.3) is 0 Å². The van der Waals surface area contributed by atoms with Crippen molar-refractivity contribution in [3.05, 3.63) is 18.2 Å². The number of piperidine rings is 1. The first kappa shape index (κ1) is 16.1. The Morgan fingerprint density at radius 2 is 2.00 bits per heavy atom. The van der Waals surface area contributed by atoms with E-state index < -0.39 is 21.9 Å². The largest absolute Gasteiger partial charge is 0.486 e. The van der Waals surface area contributed by atoms with E-state index in [9.17, 15) is 18.3 Å². The molecule has 2 aliphatic rings. The lowest BCUT2D eigenvalue weighted by atomic mass is 9.92. The Morgan fingerprint density at radius 3 is 2.74 bits per heavy atom. The SMILES string of the molecule is CC1CC(C(=O)O)CN(S(=O)(=O)c2cccc3c2OCCO3)C1. The number of ether oxygens (including phenoxy) is 2. The molecule has 1 N–H and O–H groups in total. The summed E-state index contributed by atoms with van der Waals surface area (Å²) >= 11 is 0. The number of carboxylic acid groups (broad SMARTS) is 1. The summed E-state index contributed by atoms with van der Waals surface area (Å²) in [5, 5.41) is 9.24. The quantitative estimate of drug-likeness (QED) is 0.888. The molecule has 0 aliphatic carbocycles. The molecule has 1 aromatic carbocycles. The standard InChI is InChI=1S/C15H19NO6S/c1-10-7-11(15(17)18)9-16(8-10)23(19,20)13-4-2-3-12-14(13)22-6-5-21-12/h2-4,10-11H,5-9H2,1H3,(H,17,18). The zero-order valence-corrected chi connectivity index (χ0v) is 13.6. The minimum Gasteiger partial charge on any atom is -0.486 e. The second kappa shape index (κ2) is 6.01. The van der Waals surface area contributed by atoms with Gasteiger partial charge in [-0.25, -0.2) is 8.42 Å². The average molecular weight is 341 g/mol. The highest BCUT2D eigenvalue weighted by Gasteiger charge is 2.38. The minimum atomic E-state index is -3.84. The van der Waals surface area contributed by atoms with Crippen LogP contribution in [0.1, 0.15) is 13.3 Å². The van der Waals surface area contributed by atoms with Crippen LogP contribution in [-0.4, -0.2) is 50.1 Å². The molecule has 0 amide bonds. The van der Waals surface area contributed by atoms with Gasteiger partial charge in [0.25, 0.3) is 0 Å². The highest BCUT2D eigenvalue weighted by Crippen LogP contribution is 2.38. The minimum absolute atomic E-state index is 0.0173. The fraction of sp³-hybridized carbons (Fsp3) is 0.533. The number of nitrogens with zero attached hydrogens (tertiary/aromatic N) is 1. The van der Waals surface area contributed by atoms with Crippen molar-refractivity contribution in [2.75, 3.05) is 26.3 Å². The van der Waals surface area contributed by atoms with E-state index >= 15 is 0 Å². The Hall–Kier alpha value is -1.80. The van der Waals surface area contributed by atoms with E-state index in [1.54, 1.807) is 12.1 Å². The van der Waals surface area contributed by atoms with Gasteiger partial charge in [-0.15, -0.1) is 0 Å². The van der Waals surface area contributed by atoms with Crippen molar-refractivity contribution in [2.24, 2.45) is 11.8 Å². The molecule has 2 unspecified atom stereocenters. The first-order valence-electron chi connectivity index (χ1n) is 7.51. The molecule has 0 bridgehead atoms. The van der Waals surface area contributed by atoms with Crippen molar-refractivity contribution in [3.63, 3.8) is 0 Å². The highest BCUT2D eigenvalue weighted by atomic mass is 32.2. The van der Waals surface area contributed by atoms with Gasteiger partial charge in [0.05, 0.1) is 5.92 Å². The summed E-state index contributed by atoms with van der Waals surface area (Å²) in [6, 6.07) is 4.73. The fourth-order valence-corrected chi connectivity index (χ4v) is 4.82. The number of carboxylic acids is 1. The van der Waals surface area contributed by atoms with Crippen LogP contribution < -0.4 is 9.47 Å². The molecule has 7 nitrogen and oxygen atoms in total. The molecule has 0 saturated carbocycles. The summed E-state index contributed by atoms with van der Waals surface area (Å²) in [7, 11) is -3.84. The predicted octanol–water partition coefficient (Wildman–Crippen LogP) is 1.19. The number of carbonyl (C=O) groups is 1. The monoisotopic (exact) mass is 341 g/mol. The molecule has 126 valence electrons. The van der Waals surface area contributed by atoms with Crippen LogP contribution in [0, 0.1) is 11.8 Å². The summed E-state index contributed by atoms with van der Waals surface area (Å²) in [6.45, 7) is 2.80. The number of hydrogen-bond acceptors (Lipinski definition) is 5. The molecule has 2 heterocycles. The molecule has 3 rings (SSSR count). The van der Waals surface area contributed by atoms with Gasteiger partial charge in [0.15, 0.2) is 11.5 Å². The van der Waals surface area contributed by atoms with Crippen LogP contribution in [0.15, 0.2) is 23.1 Å². The molecule has 2 aliphatic heterocycles. The zero-order chi connectivity index (χ0) is 16.6. The van der Waals surface area contributed by atoms with Crippen LogP contribution in [0.4, 0.5) is 0 Å². The zero-order valence-electron chi connectivity index (χ0n) is 12.8. The smallest absolute Gasteiger partial charge is 0.307 e. The Balaban J connectivity index is 1.97. The number of benzene rings is 1. The summed E-state index contributed by atoms with van der Waals surface area (Å²) in [6.07, 6.45) is 0.480. The van der Waals surface area contributed by atoms with Gasteiger partial charge in [0, 0.05) is 13.1 Å². The maximum absolute atomic E-state index is 13.0.